The predicted octanol–water partition coefficient (Wildman–Crippen LogP) is 3.68. The van der Waals surface area contributed by atoms with Crippen LogP contribution in [0.3, 0.4) is 0 Å². The monoisotopic (exact) mass is 442 g/mol. The molecule has 32 heavy (non-hydrogen) atoms. The van der Waals surface area contributed by atoms with Gasteiger partial charge in [-0.25, -0.2) is 9.59 Å². The Hall–Kier alpha value is -2.18. The maximum absolute atomic E-state index is 9.55. The number of carbonyl (C=O) groups is 2. The van der Waals surface area contributed by atoms with E-state index >= 15 is 0 Å². The molecular weight excluding hydrogens is 404 g/mol. The summed E-state index contributed by atoms with van der Waals surface area (Å²) in [7, 11) is 4.36. The number of nitrogens with one attached hydrogen (secondary N) is 1. The van der Waals surface area contributed by atoms with Crippen molar-refractivity contribution in [2.45, 2.75) is 51.0 Å². The van der Waals surface area contributed by atoms with Gasteiger partial charge in [0.2, 0.25) is 0 Å². The van der Waals surface area contributed by atoms with Gasteiger partial charge in [0.25, 0.3) is 0 Å². The number of nitrogens with zero attached hydrogens (tertiary/aromatic N) is 1. The molecule has 0 saturated heterocycles. The second kappa shape index (κ2) is 11.1. The number of rotatable bonds is 9. The van der Waals surface area contributed by atoms with Gasteiger partial charge >= 0.3 is 11.9 Å². The van der Waals surface area contributed by atoms with Crippen molar-refractivity contribution in [2.24, 2.45) is 23.2 Å². The largest absolute Gasteiger partial charge is 0.478 e. The maximum atomic E-state index is 9.55. The van der Waals surface area contributed by atoms with Crippen LogP contribution in [0.15, 0.2) is 42.5 Å². The first-order valence-corrected chi connectivity index (χ1v) is 11.8. The molecule has 0 spiro atoms. The topological polar surface area (TPSA) is 89.9 Å². The highest BCUT2D eigenvalue weighted by Gasteiger charge is 2.56. The minimum Gasteiger partial charge on any atom is -0.478 e. The minimum atomic E-state index is -1.26. The first kappa shape index (κ1) is 24.5. The summed E-state index contributed by atoms with van der Waals surface area (Å²) < 4.78 is 0. The Labute approximate surface area is 191 Å². The molecular formula is C26H38N2O4. The van der Waals surface area contributed by atoms with Crippen molar-refractivity contribution in [3.05, 3.63) is 48.0 Å². The van der Waals surface area contributed by atoms with E-state index in [1.807, 2.05) is 0 Å². The predicted molar refractivity (Wildman–Crippen MR) is 126 cm³/mol. The normalized spacial score (nSPS) is 30.3. The molecule has 3 unspecified atom stereocenters. The Kier molecular flexibility index (Phi) is 8.49. The number of benzene rings is 1. The number of carboxylic acids is 2. The molecule has 1 aromatic carbocycles. The summed E-state index contributed by atoms with van der Waals surface area (Å²) in [6.07, 6.45) is 11.1. The molecule has 4 bridgehead atoms. The van der Waals surface area contributed by atoms with Gasteiger partial charge in [0.15, 0.2) is 0 Å². The van der Waals surface area contributed by atoms with E-state index in [0.717, 1.165) is 23.8 Å². The standard InChI is InChI=1S/C22H34N2.C4H4O4/c1-24(2)10-6-9-23-21-20-12-18-11-19(13-20)16-22(21,15-18)14-17-7-4-3-5-8-17;5-3(6)1-2-4(7)8/h3-5,7-8,18-21,23H,6,9-16H2,1-2H3;1-2H,(H,5,6)(H,7,8)/b;2-1+. The lowest BCUT2D eigenvalue weighted by molar-refractivity contribution is -0.134. The van der Waals surface area contributed by atoms with Gasteiger partial charge in [0, 0.05) is 18.2 Å². The number of carboxylic acid groups (broad SMARTS) is 2. The summed E-state index contributed by atoms with van der Waals surface area (Å²) in [4.78, 5) is 21.4. The SMILES string of the molecule is CN(C)CCCNC1C2CC3CC(C2)CC1(Cc1ccccc1)C3.O=C(O)/C=C/C(=O)O. The maximum Gasteiger partial charge on any atom is 0.328 e. The van der Waals surface area contributed by atoms with Crippen LogP contribution in [0.25, 0.3) is 0 Å². The molecule has 5 rings (SSSR count). The molecule has 1 aromatic rings. The Morgan fingerprint density at radius 1 is 1.03 bits per heavy atom. The van der Waals surface area contributed by atoms with E-state index in [1.165, 1.54) is 58.0 Å². The van der Waals surface area contributed by atoms with Gasteiger partial charge in [-0.15, -0.1) is 0 Å². The van der Waals surface area contributed by atoms with Crippen molar-refractivity contribution >= 4 is 11.9 Å². The smallest absolute Gasteiger partial charge is 0.328 e. The lowest BCUT2D eigenvalue weighted by atomic mass is 9.46. The molecule has 6 heteroatoms. The van der Waals surface area contributed by atoms with E-state index < -0.39 is 11.9 Å². The fourth-order valence-corrected chi connectivity index (χ4v) is 6.64. The van der Waals surface area contributed by atoms with Gasteiger partial charge in [-0.05, 0) is 101 Å². The third-order valence-corrected chi connectivity index (χ3v) is 7.37. The lowest BCUT2D eigenvalue weighted by Gasteiger charge is -2.62. The highest BCUT2D eigenvalue weighted by atomic mass is 16.4. The van der Waals surface area contributed by atoms with E-state index in [1.54, 1.807) is 5.56 Å². The molecule has 4 saturated carbocycles. The van der Waals surface area contributed by atoms with Crippen LogP contribution in [0.4, 0.5) is 0 Å². The van der Waals surface area contributed by atoms with Crippen LogP contribution in [0.1, 0.15) is 44.1 Å². The van der Waals surface area contributed by atoms with Crippen molar-refractivity contribution in [3.8, 4) is 0 Å². The molecule has 3 N–H and O–H groups in total. The van der Waals surface area contributed by atoms with Gasteiger partial charge in [-0.2, -0.15) is 0 Å². The summed E-state index contributed by atoms with van der Waals surface area (Å²) in [5.41, 5.74) is 2.09. The second-order valence-electron chi connectivity index (χ2n) is 10.2. The number of hydrogen-bond donors (Lipinski definition) is 3. The van der Waals surface area contributed by atoms with E-state index in [2.05, 4.69) is 54.6 Å². The molecule has 4 aliphatic carbocycles. The summed E-state index contributed by atoms with van der Waals surface area (Å²) >= 11 is 0. The fraction of sp³-hybridized carbons (Fsp3) is 0.615. The molecule has 4 aliphatic rings. The summed E-state index contributed by atoms with van der Waals surface area (Å²) in [5, 5.41) is 19.7. The number of hydrogen-bond acceptors (Lipinski definition) is 4. The molecule has 4 fully saturated rings. The van der Waals surface area contributed by atoms with Crippen LogP contribution >= 0.6 is 0 Å². The van der Waals surface area contributed by atoms with Crippen LogP contribution in [0.5, 0.6) is 0 Å². The third-order valence-electron chi connectivity index (χ3n) is 7.37. The third kappa shape index (κ3) is 6.66. The summed E-state index contributed by atoms with van der Waals surface area (Å²) in [6.45, 7) is 2.38. The van der Waals surface area contributed by atoms with Crippen molar-refractivity contribution < 1.29 is 19.8 Å². The van der Waals surface area contributed by atoms with E-state index in [0.29, 0.717) is 17.6 Å². The van der Waals surface area contributed by atoms with Crippen molar-refractivity contribution in [1.29, 1.82) is 0 Å². The molecule has 0 radical (unpaired) electrons. The van der Waals surface area contributed by atoms with Crippen LogP contribution in [-0.4, -0.2) is 60.3 Å². The zero-order valence-electron chi connectivity index (χ0n) is 19.4. The van der Waals surface area contributed by atoms with E-state index in [4.69, 9.17) is 10.2 Å². The zero-order chi connectivity index (χ0) is 23.1. The van der Waals surface area contributed by atoms with Crippen molar-refractivity contribution in [1.82, 2.24) is 10.2 Å². The summed E-state index contributed by atoms with van der Waals surface area (Å²) in [6, 6.07) is 12.0. The first-order valence-electron chi connectivity index (χ1n) is 11.8. The molecule has 0 heterocycles. The highest BCUT2D eigenvalue weighted by Crippen LogP contribution is 2.61. The van der Waals surface area contributed by atoms with Crippen LogP contribution in [-0.2, 0) is 16.0 Å². The summed E-state index contributed by atoms with van der Waals surface area (Å²) in [5.74, 6) is 0.469. The fourth-order valence-electron chi connectivity index (χ4n) is 6.64. The van der Waals surface area contributed by atoms with Crippen LogP contribution in [0, 0.1) is 23.2 Å². The minimum absolute atomic E-state index is 0.536. The second-order valence-corrected chi connectivity index (χ2v) is 10.2. The van der Waals surface area contributed by atoms with Gasteiger partial charge < -0.3 is 20.4 Å². The molecule has 0 aliphatic heterocycles. The first-order chi connectivity index (χ1) is 15.3. The number of aliphatic carboxylic acids is 2. The molecule has 0 aromatic heterocycles. The molecule has 3 atom stereocenters. The highest BCUT2D eigenvalue weighted by molar-refractivity contribution is 5.89. The van der Waals surface area contributed by atoms with Crippen molar-refractivity contribution in [3.63, 3.8) is 0 Å². The van der Waals surface area contributed by atoms with E-state index in [-0.39, 0.29) is 0 Å². The average molecular weight is 443 g/mol. The van der Waals surface area contributed by atoms with Gasteiger partial charge in [-0.3, -0.25) is 0 Å². The molecule has 0 amide bonds. The van der Waals surface area contributed by atoms with Crippen LogP contribution in [0.2, 0.25) is 0 Å². The van der Waals surface area contributed by atoms with Gasteiger partial charge in [0.1, 0.15) is 0 Å². The Bertz CT molecular complexity index is 762. The Balaban J connectivity index is 0.000000312. The van der Waals surface area contributed by atoms with Crippen LogP contribution < -0.4 is 5.32 Å². The van der Waals surface area contributed by atoms with Crippen molar-refractivity contribution in [2.75, 3.05) is 27.2 Å². The van der Waals surface area contributed by atoms with E-state index in [9.17, 15) is 9.59 Å². The lowest BCUT2D eigenvalue weighted by Crippen LogP contribution is -2.62. The Morgan fingerprint density at radius 2 is 1.62 bits per heavy atom. The molecule has 6 nitrogen and oxygen atoms in total. The Morgan fingerprint density at radius 3 is 2.16 bits per heavy atom. The van der Waals surface area contributed by atoms with Gasteiger partial charge in [0.05, 0.1) is 0 Å². The zero-order valence-corrected chi connectivity index (χ0v) is 19.4. The van der Waals surface area contributed by atoms with Gasteiger partial charge in [-0.1, -0.05) is 30.3 Å². The quantitative estimate of drug-likeness (QED) is 0.399. The average Bonchev–Trinajstić information content (AvgIpc) is 2.71. The molecule has 176 valence electrons.